The summed E-state index contributed by atoms with van der Waals surface area (Å²) in [5.74, 6) is -2.78. The summed E-state index contributed by atoms with van der Waals surface area (Å²) in [5.41, 5.74) is 1.18. The van der Waals surface area contributed by atoms with Gasteiger partial charge in [0.15, 0.2) is 11.7 Å². The second kappa shape index (κ2) is 8.89. The second-order valence-electron chi connectivity index (χ2n) is 5.04. The van der Waals surface area contributed by atoms with Gasteiger partial charge in [0.05, 0.1) is 12.8 Å². The average Bonchev–Trinajstić information content (AvgIpc) is 2.62. The summed E-state index contributed by atoms with van der Waals surface area (Å²) in [4.78, 5) is 28.2. The Kier molecular flexibility index (Phi) is 6.60. The first-order valence-corrected chi connectivity index (χ1v) is 7.72. The van der Waals surface area contributed by atoms with Gasteiger partial charge in [-0.1, -0.05) is 29.8 Å². The van der Waals surface area contributed by atoms with E-state index >= 15 is 0 Å². The van der Waals surface area contributed by atoms with E-state index in [2.05, 4.69) is 9.73 Å². The fourth-order valence-corrected chi connectivity index (χ4v) is 2.05. The van der Waals surface area contributed by atoms with Crippen molar-refractivity contribution in [1.82, 2.24) is 0 Å². The van der Waals surface area contributed by atoms with Gasteiger partial charge in [-0.2, -0.15) is 0 Å². The number of carbonyl (C=O) groups excluding carboxylic acids is 2. The predicted molar refractivity (Wildman–Crippen MR) is 95.6 cm³/mol. The highest BCUT2D eigenvalue weighted by Crippen LogP contribution is 2.14. The molecule has 0 amide bonds. The SMILES string of the molecule is COC(=O)C(C=Nc1ccc(F)cc1)C(=O)C=Cc1ccc(Cl)cc1. The summed E-state index contributed by atoms with van der Waals surface area (Å²) in [6.45, 7) is 0. The lowest BCUT2D eigenvalue weighted by Gasteiger charge is -2.06. The quantitative estimate of drug-likeness (QED) is 0.335. The Morgan fingerprint density at radius 3 is 2.36 bits per heavy atom. The van der Waals surface area contributed by atoms with E-state index in [1.807, 2.05) is 0 Å². The van der Waals surface area contributed by atoms with Crippen molar-refractivity contribution in [3.8, 4) is 0 Å². The maximum absolute atomic E-state index is 12.9. The third kappa shape index (κ3) is 5.65. The molecule has 1 unspecified atom stereocenters. The number of ether oxygens (including phenoxy) is 1. The number of allylic oxidation sites excluding steroid dienone is 1. The molecule has 0 spiro atoms. The van der Waals surface area contributed by atoms with E-state index in [-0.39, 0.29) is 0 Å². The van der Waals surface area contributed by atoms with Gasteiger partial charge >= 0.3 is 5.97 Å². The zero-order valence-corrected chi connectivity index (χ0v) is 14.1. The molecule has 0 aliphatic heterocycles. The van der Waals surface area contributed by atoms with Gasteiger partial charge in [0.1, 0.15) is 5.82 Å². The fourth-order valence-electron chi connectivity index (χ4n) is 1.92. The van der Waals surface area contributed by atoms with Crippen LogP contribution in [-0.2, 0) is 14.3 Å². The molecule has 2 rings (SSSR count). The molecule has 25 heavy (non-hydrogen) atoms. The van der Waals surface area contributed by atoms with Crippen molar-refractivity contribution in [3.63, 3.8) is 0 Å². The summed E-state index contributed by atoms with van der Waals surface area (Å²) in [6, 6.07) is 12.2. The Morgan fingerprint density at radius 2 is 1.76 bits per heavy atom. The van der Waals surface area contributed by atoms with Crippen LogP contribution in [0.25, 0.3) is 6.08 Å². The number of esters is 1. The summed E-state index contributed by atoms with van der Waals surface area (Å²) in [6.07, 6.45) is 4.04. The minimum absolute atomic E-state index is 0.398. The molecular formula is C19H15ClFNO3. The lowest BCUT2D eigenvalue weighted by Crippen LogP contribution is -2.25. The van der Waals surface area contributed by atoms with Crippen molar-refractivity contribution in [2.75, 3.05) is 7.11 Å². The number of hydrogen-bond donors (Lipinski definition) is 0. The number of ketones is 1. The zero-order chi connectivity index (χ0) is 18.2. The number of rotatable bonds is 6. The third-order valence-electron chi connectivity index (χ3n) is 3.27. The Morgan fingerprint density at radius 1 is 1.12 bits per heavy atom. The van der Waals surface area contributed by atoms with Crippen molar-refractivity contribution in [2.24, 2.45) is 10.9 Å². The summed E-state index contributed by atoms with van der Waals surface area (Å²) >= 11 is 5.80. The minimum atomic E-state index is -1.18. The molecule has 0 aromatic heterocycles. The van der Waals surface area contributed by atoms with E-state index in [1.54, 1.807) is 30.3 Å². The number of methoxy groups -OCH3 is 1. The summed E-state index contributed by atoms with van der Waals surface area (Å²) in [7, 11) is 1.19. The average molecular weight is 360 g/mol. The van der Waals surface area contributed by atoms with Gasteiger partial charge in [-0.05, 0) is 48.0 Å². The summed E-state index contributed by atoms with van der Waals surface area (Å²) in [5, 5.41) is 0.586. The number of nitrogens with zero attached hydrogens (tertiary/aromatic N) is 1. The van der Waals surface area contributed by atoms with Crippen LogP contribution in [0.15, 0.2) is 59.6 Å². The largest absolute Gasteiger partial charge is 0.468 e. The molecule has 0 radical (unpaired) electrons. The highest BCUT2D eigenvalue weighted by Gasteiger charge is 2.23. The standard InChI is InChI=1S/C19H15ClFNO3/c1-25-19(24)17(12-22-16-9-7-15(21)8-10-16)18(23)11-4-13-2-5-14(20)6-3-13/h2-12,17H,1H3. The van der Waals surface area contributed by atoms with Gasteiger partial charge in [-0.3, -0.25) is 14.6 Å². The van der Waals surface area contributed by atoms with Crippen LogP contribution in [0.4, 0.5) is 10.1 Å². The van der Waals surface area contributed by atoms with Crippen LogP contribution in [0.3, 0.4) is 0 Å². The lowest BCUT2D eigenvalue weighted by atomic mass is 10.0. The molecule has 0 fully saturated rings. The van der Waals surface area contributed by atoms with E-state index in [1.165, 1.54) is 43.7 Å². The minimum Gasteiger partial charge on any atom is -0.468 e. The Labute approximate surface area is 149 Å². The van der Waals surface area contributed by atoms with Gasteiger partial charge in [0.2, 0.25) is 0 Å². The highest BCUT2D eigenvalue weighted by atomic mass is 35.5. The number of aliphatic imine (C=N–C) groups is 1. The number of halogens is 2. The van der Waals surface area contributed by atoms with Crippen LogP contribution in [0.1, 0.15) is 5.56 Å². The van der Waals surface area contributed by atoms with Crippen LogP contribution in [0, 0.1) is 11.7 Å². The lowest BCUT2D eigenvalue weighted by molar-refractivity contribution is -0.145. The fraction of sp³-hybridized carbons (Fsp3) is 0.105. The molecule has 6 heteroatoms. The van der Waals surface area contributed by atoms with Gasteiger partial charge in [0, 0.05) is 11.2 Å². The zero-order valence-electron chi connectivity index (χ0n) is 13.4. The topological polar surface area (TPSA) is 55.7 Å². The van der Waals surface area contributed by atoms with Crippen LogP contribution in [-0.4, -0.2) is 25.1 Å². The van der Waals surface area contributed by atoms with Crippen LogP contribution in [0.5, 0.6) is 0 Å². The normalized spacial score (nSPS) is 12.4. The van der Waals surface area contributed by atoms with E-state index in [9.17, 15) is 14.0 Å². The Hall–Kier alpha value is -2.79. The molecule has 0 N–H and O–H groups in total. The van der Waals surface area contributed by atoms with E-state index in [0.717, 1.165) is 5.56 Å². The molecule has 2 aromatic rings. The van der Waals surface area contributed by atoms with Crippen molar-refractivity contribution >= 4 is 41.3 Å². The number of benzene rings is 2. The second-order valence-corrected chi connectivity index (χ2v) is 5.48. The molecule has 0 aliphatic carbocycles. The van der Waals surface area contributed by atoms with Crippen molar-refractivity contribution < 1.29 is 18.7 Å². The number of hydrogen-bond acceptors (Lipinski definition) is 4. The third-order valence-corrected chi connectivity index (χ3v) is 3.52. The first kappa shape index (κ1) is 18.5. The molecule has 1 atom stereocenters. The van der Waals surface area contributed by atoms with Crippen molar-refractivity contribution in [3.05, 3.63) is 71.0 Å². The highest BCUT2D eigenvalue weighted by molar-refractivity contribution is 6.30. The van der Waals surface area contributed by atoms with E-state index in [4.69, 9.17) is 11.6 Å². The van der Waals surface area contributed by atoms with Crippen LogP contribution >= 0.6 is 11.6 Å². The molecule has 0 saturated carbocycles. The van der Waals surface area contributed by atoms with Crippen LogP contribution < -0.4 is 0 Å². The maximum Gasteiger partial charge on any atom is 0.322 e. The van der Waals surface area contributed by atoms with Gasteiger partial charge < -0.3 is 4.74 Å². The smallest absolute Gasteiger partial charge is 0.322 e. The molecular weight excluding hydrogens is 345 g/mol. The Bertz CT molecular complexity index is 798. The molecule has 0 saturated heterocycles. The first-order valence-electron chi connectivity index (χ1n) is 7.34. The van der Waals surface area contributed by atoms with Crippen molar-refractivity contribution in [2.45, 2.75) is 0 Å². The van der Waals surface area contributed by atoms with Crippen LogP contribution in [0.2, 0.25) is 5.02 Å². The molecule has 0 aliphatic rings. The van der Waals surface area contributed by atoms with Gasteiger partial charge in [-0.15, -0.1) is 0 Å². The Balaban J connectivity index is 2.15. The van der Waals surface area contributed by atoms with Gasteiger partial charge in [-0.25, -0.2) is 4.39 Å². The molecule has 0 heterocycles. The van der Waals surface area contributed by atoms with E-state index in [0.29, 0.717) is 10.7 Å². The molecule has 2 aromatic carbocycles. The van der Waals surface area contributed by atoms with Crippen molar-refractivity contribution in [1.29, 1.82) is 0 Å². The molecule has 4 nitrogen and oxygen atoms in total. The molecule has 0 bridgehead atoms. The maximum atomic E-state index is 12.9. The molecule has 128 valence electrons. The predicted octanol–water partition coefficient (Wildman–Crippen LogP) is 4.25. The monoisotopic (exact) mass is 359 g/mol. The van der Waals surface area contributed by atoms with E-state index < -0.39 is 23.5 Å². The van der Waals surface area contributed by atoms with Gasteiger partial charge in [0.25, 0.3) is 0 Å². The summed E-state index contributed by atoms with van der Waals surface area (Å²) < 4.78 is 17.5. The first-order chi connectivity index (χ1) is 12.0. The number of carbonyl (C=O) groups is 2.